The number of nitrogens with zero attached hydrogens (tertiary/aromatic N) is 2. The van der Waals surface area contributed by atoms with Gasteiger partial charge in [0.25, 0.3) is 0 Å². The first kappa shape index (κ1) is 13.5. The fraction of sp³-hybridized carbons (Fsp3) is 0.429. The monoisotopic (exact) mass is 260 g/mol. The van der Waals surface area contributed by atoms with E-state index in [1.54, 1.807) is 0 Å². The number of rotatable bonds is 6. The van der Waals surface area contributed by atoms with Crippen LogP contribution < -0.4 is 10.6 Å². The van der Waals surface area contributed by atoms with Crippen LogP contribution in [-0.4, -0.2) is 16.7 Å². The van der Waals surface area contributed by atoms with Crippen LogP contribution in [0.1, 0.15) is 38.3 Å². The molecular formula is C14H20N4O. The molecule has 0 fully saturated rings. The number of aromatic nitrogens is 2. The lowest BCUT2D eigenvalue weighted by molar-refractivity contribution is 0.430. The van der Waals surface area contributed by atoms with Crippen molar-refractivity contribution in [3.05, 3.63) is 35.7 Å². The number of benzene rings is 1. The van der Waals surface area contributed by atoms with Crippen LogP contribution in [0.25, 0.3) is 0 Å². The minimum Gasteiger partial charge on any atom is -0.406 e. The Labute approximate surface area is 113 Å². The number of hydrogen-bond donors (Lipinski definition) is 2. The Morgan fingerprint density at radius 3 is 2.84 bits per heavy atom. The fourth-order valence-electron chi connectivity index (χ4n) is 1.85. The fourth-order valence-corrected chi connectivity index (χ4v) is 1.85. The van der Waals surface area contributed by atoms with Crippen molar-refractivity contribution < 1.29 is 4.42 Å². The van der Waals surface area contributed by atoms with E-state index in [1.807, 2.05) is 26.0 Å². The van der Waals surface area contributed by atoms with Gasteiger partial charge >= 0.3 is 6.01 Å². The molecule has 0 saturated heterocycles. The SMILES string of the molecule is CCNC(C)c1nnc(Nc2cccc(CC)c2)o1. The van der Waals surface area contributed by atoms with Crippen LogP contribution in [0.2, 0.25) is 0 Å². The Bertz CT molecular complexity index is 524. The smallest absolute Gasteiger partial charge is 0.320 e. The predicted molar refractivity (Wildman–Crippen MR) is 75.5 cm³/mol. The van der Waals surface area contributed by atoms with Crippen molar-refractivity contribution in [2.45, 2.75) is 33.2 Å². The lowest BCUT2D eigenvalue weighted by Crippen LogP contribution is -2.17. The van der Waals surface area contributed by atoms with Gasteiger partial charge in [-0.1, -0.05) is 31.1 Å². The van der Waals surface area contributed by atoms with E-state index in [0.717, 1.165) is 18.7 Å². The lowest BCUT2D eigenvalue weighted by Gasteiger charge is -2.06. The molecule has 1 unspecified atom stereocenters. The van der Waals surface area contributed by atoms with Crippen LogP contribution >= 0.6 is 0 Å². The average Bonchev–Trinajstić information content (AvgIpc) is 2.88. The van der Waals surface area contributed by atoms with Gasteiger partial charge < -0.3 is 15.1 Å². The van der Waals surface area contributed by atoms with Crippen molar-refractivity contribution in [3.8, 4) is 0 Å². The second-order valence-corrected chi connectivity index (χ2v) is 4.40. The highest BCUT2D eigenvalue weighted by Crippen LogP contribution is 2.19. The Morgan fingerprint density at radius 1 is 1.26 bits per heavy atom. The summed E-state index contributed by atoms with van der Waals surface area (Å²) in [7, 11) is 0. The van der Waals surface area contributed by atoms with Gasteiger partial charge in [0.05, 0.1) is 6.04 Å². The topological polar surface area (TPSA) is 63.0 Å². The summed E-state index contributed by atoms with van der Waals surface area (Å²) in [6.45, 7) is 7.04. The predicted octanol–water partition coefficient (Wildman–Crippen LogP) is 3.05. The Hall–Kier alpha value is -1.88. The molecule has 2 N–H and O–H groups in total. The Balaban J connectivity index is 2.06. The van der Waals surface area contributed by atoms with Crippen molar-refractivity contribution in [2.75, 3.05) is 11.9 Å². The van der Waals surface area contributed by atoms with E-state index < -0.39 is 0 Å². The van der Waals surface area contributed by atoms with Crippen LogP contribution in [0.3, 0.4) is 0 Å². The van der Waals surface area contributed by atoms with Crippen molar-refractivity contribution >= 4 is 11.7 Å². The number of nitrogens with one attached hydrogen (secondary N) is 2. The number of aryl methyl sites for hydroxylation is 1. The zero-order valence-corrected chi connectivity index (χ0v) is 11.6. The quantitative estimate of drug-likeness (QED) is 0.835. The van der Waals surface area contributed by atoms with E-state index in [9.17, 15) is 0 Å². The molecule has 0 amide bonds. The second kappa shape index (κ2) is 6.33. The molecule has 102 valence electrons. The highest BCUT2D eigenvalue weighted by Gasteiger charge is 2.12. The molecule has 0 saturated carbocycles. The summed E-state index contributed by atoms with van der Waals surface area (Å²) >= 11 is 0. The maximum Gasteiger partial charge on any atom is 0.320 e. The van der Waals surface area contributed by atoms with Crippen LogP contribution in [0, 0.1) is 0 Å². The molecule has 2 rings (SSSR count). The van der Waals surface area contributed by atoms with Crippen LogP contribution in [0.15, 0.2) is 28.7 Å². The maximum atomic E-state index is 5.58. The molecule has 0 radical (unpaired) electrons. The summed E-state index contributed by atoms with van der Waals surface area (Å²) in [5.41, 5.74) is 2.23. The average molecular weight is 260 g/mol. The molecule has 19 heavy (non-hydrogen) atoms. The molecule has 1 aromatic carbocycles. The summed E-state index contributed by atoms with van der Waals surface area (Å²) in [5.74, 6) is 0.594. The third-order valence-electron chi connectivity index (χ3n) is 2.91. The van der Waals surface area contributed by atoms with E-state index in [2.05, 4.69) is 39.9 Å². The van der Waals surface area contributed by atoms with Crippen molar-refractivity contribution in [2.24, 2.45) is 0 Å². The van der Waals surface area contributed by atoms with Crippen LogP contribution in [0.5, 0.6) is 0 Å². The van der Waals surface area contributed by atoms with E-state index >= 15 is 0 Å². The molecule has 1 atom stereocenters. The van der Waals surface area contributed by atoms with Crippen LogP contribution in [-0.2, 0) is 6.42 Å². The normalized spacial score (nSPS) is 12.4. The number of anilines is 2. The van der Waals surface area contributed by atoms with Gasteiger partial charge in [0.2, 0.25) is 5.89 Å². The highest BCUT2D eigenvalue weighted by atomic mass is 16.4. The minimum absolute atomic E-state index is 0.0648. The summed E-state index contributed by atoms with van der Waals surface area (Å²) in [6.07, 6.45) is 1.00. The molecule has 1 heterocycles. The zero-order valence-electron chi connectivity index (χ0n) is 11.6. The highest BCUT2D eigenvalue weighted by molar-refractivity contribution is 5.53. The van der Waals surface area contributed by atoms with Gasteiger partial charge in [-0.05, 0) is 37.6 Å². The van der Waals surface area contributed by atoms with Crippen molar-refractivity contribution in [1.29, 1.82) is 0 Å². The molecule has 1 aromatic heterocycles. The van der Waals surface area contributed by atoms with Gasteiger partial charge in [0.1, 0.15) is 0 Å². The van der Waals surface area contributed by atoms with Crippen molar-refractivity contribution in [1.82, 2.24) is 15.5 Å². The van der Waals surface area contributed by atoms with Crippen LogP contribution in [0.4, 0.5) is 11.7 Å². The van der Waals surface area contributed by atoms with Gasteiger partial charge in [-0.15, -0.1) is 5.10 Å². The lowest BCUT2D eigenvalue weighted by atomic mass is 10.1. The summed E-state index contributed by atoms with van der Waals surface area (Å²) in [5, 5.41) is 14.4. The van der Waals surface area contributed by atoms with Gasteiger partial charge in [-0.2, -0.15) is 0 Å². The van der Waals surface area contributed by atoms with E-state index in [1.165, 1.54) is 5.56 Å². The number of hydrogen-bond acceptors (Lipinski definition) is 5. The molecule has 0 aliphatic rings. The standard InChI is InChI=1S/C14H20N4O/c1-4-11-7-6-8-12(9-11)16-14-18-17-13(19-14)10(3)15-5-2/h6-10,15H,4-5H2,1-3H3,(H,16,18). The third-order valence-corrected chi connectivity index (χ3v) is 2.91. The molecule has 0 aliphatic carbocycles. The molecule has 0 bridgehead atoms. The first-order chi connectivity index (χ1) is 9.22. The summed E-state index contributed by atoms with van der Waals surface area (Å²) < 4.78 is 5.58. The first-order valence-electron chi connectivity index (χ1n) is 6.65. The summed E-state index contributed by atoms with van der Waals surface area (Å²) in [4.78, 5) is 0. The molecular weight excluding hydrogens is 240 g/mol. The largest absolute Gasteiger partial charge is 0.406 e. The van der Waals surface area contributed by atoms with E-state index in [0.29, 0.717) is 11.9 Å². The molecule has 2 aromatic rings. The maximum absolute atomic E-state index is 5.58. The van der Waals surface area contributed by atoms with Gasteiger partial charge in [0, 0.05) is 5.69 Å². The van der Waals surface area contributed by atoms with Crippen molar-refractivity contribution in [3.63, 3.8) is 0 Å². The summed E-state index contributed by atoms with van der Waals surface area (Å²) in [6, 6.07) is 8.66. The zero-order chi connectivity index (χ0) is 13.7. The first-order valence-corrected chi connectivity index (χ1v) is 6.65. The second-order valence-electron chi connectivity index (χ2n) is 4.40. The Kier molecular flexibility index (Phi) is 4.52. The Morgan fingerprint density at radius 2 is 2.11 bits per heavy atom. The third kappa shape index (κ3) is 3.54. The minimum atomic E-state index is 0.0648. The molecule has 0 aliphatic heterocycles. The van der Waals surface area contributed by atoms with Gasteiger partial charge in [0.15, 0.2) is 0 Å². The van der Waals surface area contributed by atoms with E-state index in [4.69, 9.17) is 4.42 Å². The van der Waals surface area contributed by atoms with E-state index in [-0.39, 0.29) is 6.04 Å². The van der Waals surface area contributed by atoms with Gasteiger partial charge in [-0.3, -0.25) is 0 Å². The molecule has 5 heteroatoms. The molecule has 0 spiro atoms. The van der Waals surface area contributed by atoms with Gasteiger partial charge in [-0.25, -0.2) is 0 Å². The molecule has 5 nitrogen and oxygen atoms in total.